The van der Waals surface area contributed by atoms with Crippen LogP contribution in [0.15, 0.2) is 23.2 Å². The maximum Gasteiger partial charge on any atom is 0.191 e. The van der Waals surface area contributed by atoms with Crippen LogP contribution >= 0.6 is 35.6 Å². The SMILES string of the molecule is CN=C(NCCCOCC1CCCO1)NC1CCN(c2cc(Cl)ccc2OC)C1.I. The summed E-state index contributed by atoms with van der Waals surface area (Å²) in [7, 11) is 3.49. The monoisotopic (exact) mass is 552 g/mol. The van der Waals surface area contributed by atoms with Gasteiger partial charge in [-0.3, -0.25) is 4.99 Å². The van der Waals surface area contributed by atoms with E-state index in [9.17, 15) is 0 Å². The van der Waals surface area contributed by atoms with E-state index in [1.54, 1.807) is 14.2 Å². The normalized spacial score (nSPS) is 21.4. The van der Waals surface area contributed by atoms with E-state index in [2.05, 4.69) is 20.5 Å². The second-order valence-electron chi connectivity index (χ2n) is 7.45. The van der Waals surface area contributed by atoms with E-state index in [0.717, 1.165) is 81.0 Å². The number of rotatable bonds is 9. The second kappa shape index (κ2) is 13.4. The number of methoxy groups -OCH3 is 1. The minimum atomic E-state index is 0. The Kier molecular flexibility index (Phi) is 11.3. The summed E-state index contributed by atoms with van der Waals surface area (Å²) in [5.74, 6) is 1.68. The van der Waals surface area contributed by atoms with Crippen LogP contribution in [0.25, 0.3) is 0 Å². The van der Waals surface area contributed by atoms with E-state index in [1.807, 2.05) is 18.2 Å². The molecule has 2 unspecified atom stereocenters. The van der Waals surface area contributed by atoms with E-state index >= 15 is 0 Å². The van der Waals surface area contributed by atoms with Crippen LogP contribution in [-0.4, -0.2) is 71.7 Å². The molecule has 2 N–H and O–H groups in total. The highest BCUT2D eigenvalue weighted by molar-refractivity contribution is 14.0. The summed E-state index contributed by atoms with van der Waals surface area (Å²) in [6.07, 6.45) is 4.53. The summed E-state index contributed by atoms with van der Waals surface area (Å²) in [5, 5.41) is 7.61. The highest BCUT2D eigenvalue weighted by Gasteiger charge is 2.25. The summed E-state index contributed by atoms with van der Waals surface area (Å²) < 4.78 is 16.8. The van der Waals surface area contributed by atoms with Gasteiger partial charge in [0.2, 0.25) is 0 Å². The Morgan fingerprint density at radius 1 is 1.37 bits per heavy atom. The number of hydrogen-bond acceptors (Lipinski definition) is 5. The maximum atomic E-state index is 6.18. The first-order valence-electron chi connectivity index (χ1n) is 10.4. The number of hydrogen-bond donors (Lipinski definition) is 2. The van der Waals surface area contributed by atoms with Crippen LogP contribution in [0.2, 0.25) is 5.02 Å². The first-order valence-corrected chi connectivity index (χ1v) is 10.8. The summed E-state index contributed by atoms with van der Waals surface area (Å²) in [6.45, 7) is 4.96. The Balaban J connectivity index is 0.00000320. The molecule has 7 nitrogen and oxygen atoms in total. The fourth-order valence-electron chi connectivity index (χ4n) is 3.77. The van der Waals surface area contributed by atoms with Gasteiger partial charge in [0, 0.05) is 51.0 Å². The van der Waals surface area contributed by atoms with Gasteiger partial charge in [0.15, 0.2) is 5.96 Å². The molecule has 0 spiro atoms. The number of benzene rings is 1. The molecule has 0 aromatic heterocycles. The molecule has 0 aliphatic carbocycles. The number of nitrogens with one attached hydrogen (secondary N) is 2. The van der Waals surface area contributed by atoms with Crippen LogP contribution in [0.5, 0.6) is 5.75 Å². The zero-order valence-corrected chi connectivity index (χ0v) is 20.9. The van der Waals surface area contributed by atoms with Gasteiger partial charge in [-0.1, -0.05) is 11.6 Å². The number of guanidine groups is 1. The lowest BCUT2D eigenvalue weighted by molar-refractivity contribution is 0.0168. The van der Waals surface area contributed by atoms with E-state index in [1.165, 1.54) is 0 Å². The molecule has 0 saturated carbocycles. The third-order valence-corrected chi connectivity index (χ3v) is 5.56. The van der Waals surface area contributed by atoms with Crippen LogP contribution in [0, 0.1) is 0 Å². The Labute approximate surface area is 201 Å². The number of nitrogens with zero attached hydrogens (tertiary/aromatic N) is 2. The van der Waals surface area contributed by atoms with Gasteiger partial charge in [-0.25, -0.2) is 0 Å². The molecule has 30 heavy (non-hydrogen) atoms. The Hall–Kier alpha value is -0.970. The lowest BCUT2D eigenvalue weighted by Gasteiger charge is -2.22. The predicted octanol–water partition coefficient (Wildman–Crippen LogP) is 3.30. The van der Waals surface area contributed by atoms with Crippen LogP contribution in [0.1, 0.15) is 25.7 Å². The first kappa shape index (κ1) is 25.3. The first-order chi connectivity index (χ1) is 14.2. The largest absolute Gasteiger partial charge is 0.495 e. The molecule has 2 saturated heterocycles. The highest BCUT2D eigenvalue weighted by atomic mass is 127. The number of aliphatic imine (C=N–C) groups is 1. The van der Waals surface area contributed by atoms with E-state index < -0.39 is 0 Å². The van der Waals surface area contributed by atoms with Crippen molar-refractivity contribution < 1.29 is 14.2 Å². The fraction of sp³-hybridized carbons (Fsp3) is 0.667. The van der Waals surface area contributed by atoms with Crippen molar-refractivity contribution in [1.82, 2.24) is 10.6 Å². The van der Waals surface area contributed by atoms with Gasteiger partial charge in [0.05, 0.1) is 25.5 Å². The Morgan fingerprint density at radius 3 is 2.97 bits per heavy atom. The van der Waals surface area contributed by atoms with Gasteiger partial charge in [-0.15, -0.1) is 24.0 Å². The molecule has 2 fully saturated rings. The predicted molar refractivity (Wildman–Crippen MR) is 133 cm³/mol. The third kappa shape index (κ3) is 7.62. The zero-order chi connectivity index (χ0) is 20.5. The van der Waals surface area contributed by atoms with E-state index in [0.29, 0.717) is 18.8 Å². The lowest BCUT2D eigenvalue weighted by atomic mass is 10.2. The van der Waals surface area contributed by atoms with E-state index in [-0.39, 0.29) is 24.0 Å². The molecule has 1 aromatic carbocycles. The average molecular weight is 553 g/mol. The molecule has 170 valence electrons. The molecule has 0 amide bonds. The average Bonchev–Trinajstić information content (AvgIpc) is 3.41. The van der Waals surface area contributed by atoms with Gasteiger partial charge >= 0.3 is 0 Å². The summed E-state index contributed by atoms with van der Waals surface area (Å²) >= 11 is 6.18. The minimum absolute atomic E-state index is 0. The van der Waals surface area contributed by atoms with Crippen LogP contribution in [-0.2, 0) is 9.47 Å². The summed E-state index contributed by atoms with van der Waals surface area (Å²) in [6, 6.07) is 6.05. The third-order valence-electron chi connectivity index (χ3n) is 5.32. The smallest absolute Gasteiger partial charge is 0.191 e. The van der Waals surface area contributed by atoms with Gasteiger partial charge in [0.25, 0.3) is 0 Å². The van der Waals surface area contributed by atoms with Crippen LogP contribution in [0.4, 0.5) is 5.69 Å². The van der Waals surface area contributed by atoms with Crippen molar-refractivity contribution in [2.24, 2.45) is 4.99 Å². The molecule has 2 aliphatic heterocycles. The van der Waals surface area contributed by atoms with Crippen molar-refractivity contribution in [3.8, 4) is 5.75 Å². The quantitative estimate of drug-likeness (QED) is 0.212. The van der Waals surface area contributed by atoms with Crippen LogP contribution in [0.3, 0.4) is 0 Å². The molecule has 2 atom stereocenters. The van der Waals surface area contributed by atoms with Gasteiger partial charge in [-0.05, 0) is 43.9 Å². The van der Waals surface area contributed by atoms with Crippen molar-refractivity contribution in [3.05, 3.63) is 23.2 Å². The van der Waals surface area contributed by atoms with Crippen molar-refractivity contribution in [2.45, 2.75) is 37.8 Å². The van der Waals surface area contributed by atoms with Gasteiger partial charge in [0.1, 0.15) is 5.75 Å². The van der Waals surface area contributed by atoms with Crippen molar-refractivity contribution in [1.29, 1.82) is 0 Å². The van der Waals surface area contributed by atoms with Crippen molar-refractivity contribution >= 4 is 47.2 Å². The maximum absolute atomic E-state index is 6.18. The topological polar surface area (TPSA) is 67.4 Å². The molecule has 1 aromatic rings. The van der Waals surface area contributed by atoms with Crippen molar-refractivity contribution in [3.63, 3.8) is 0 Å². The lowest BCUT2D eigenvalue weighted by Crippen LogP contribution is -2.45. The molecular formula is C21H34ClIN4O3. The molecule has 0 bridgehead atoms. The summed E-state index contributed by atoms with van der Waals surface area (Å²) in [5.41, 5.74) is 1.04. The van der Waals surface area contributed by atoms with Gasteiger partial charge < -0.3 is 29.7 Å². The van der Waals surface area contributed by atoms with Gasteiger partial charge in [-0.2, -0.15) is 0 Å². The molecule has 3 rings (SSSR count). The van der Waals surface area contributed by atoms with Crippen LogP contribution < -0.4 is 20.3 Å². The second-order valence-corrected chi connectivity index (χ2v) is 7.89. The number of halogens is 2. The fourth-order valence-corrected chi connectivity index (χ4v) is 3.93. The minimum Gasteiger partial charge on any atom is -0.495 e. The highest BCUT2D eigenvalue weighted by Crippen LogP contribution is 2.33. The molecule has 2 heterocycles. The zero-order valence-electron chi connectivity index (χ0n) is 17.9. The number of ether oxygens (including phenoxy) is 3. The molecule has 2 aliphatic rings. The molecular weight excluding hydrogens is 519 g/mol. The molecule has 9 heteroatoms. The van der Waals surface area contributed by atoms with Crippen molar-refractivity contribution in [2.75, 3.05) is 58.5 Å². The number of anilines is 1. The molecule has 0 radical (unpaired) electrons. The Morgan fingerprint density at radius 2 is 2.23 bits per heavy atom. The van der Waals surface area contributed by atoms with E-state index in [4.69, 9.17) is 25.8 Å². The summed E-state index contributed by atoms with van der Waals surface area (Å²) in [4.78, 5) is 6.65. The Bertz CT molecular complexity index is 674. The standard InChI is InChI=1S/C21H33ClN4O3.HI/c1-23-21(24-9-4-11-28-15-18-5-3-12-29-18)25-17-8-10-26(14-17)19-13-16(22)6-7-20(19)27-2;/h6-7,13,17-18H,3-5,8-12,14-15H2,1-2H3,(H2,23,24,25);1H.